The van der Waals surface area contributed by atoms with Crippen LogP contribution in [0.3, 0.4) is 0 Å². The number of hydrogen-bond acceptors (Lipinski definition) is 3. The molecule has 0 aromatic heterocycles. The number of benzene rings is 3. The Kier molecular flexibility index (Phi) is 4.96. The minimum atomic E-state index is -0.392. The van der Waals surface area contributed by atoms with Crippen molar-refractivity contribution in [2.24, 2.45) is 0 Å². The SMILES string of the molecule is Cc1ccccc1C(=O)c1ccc(N(C)c2ccc(F)cc2N)cc1Cl. The topological polar surface area (TPSA) is 46.3 Å². The van der Waals surface area contributed by atoms with Crippen molar-refractivity contribution in [2.75, 3.05) is 17.7 Å². The number of hydrogen-bond donors (Lipinski definition) is 1. The standard InChI is InChI=1S/C21H18ClFN2O/c1-13-5-3-4-6-16(13)21(26)17-9-8-15(12-18(17)22)25(2)20-10-7-14(23)11-19(20)24/h3-12H,24H2,1-2H3. The molecule has 3 nitrogen and oxygen atoms in total. The van der Waals surface area contributed by atoms with Gasteiger partial charge in [-0.15, -0.1) is 0 Å². The lowest BCUT2D eigenvalue weighted by molar-refractivity contribution is 0.103. The van der Waals surface area contributed by atoms with E-state index in [2.05, 4.69) is 0 Å². The molecular weight excluding hydrogens is 351 g/mol. The molecule has 2 N–H and O–H groups in total. The van der Waals surface area contributed by atoms with Crippen LogP contribution in [0.1, 0.15) is 21.5 Å². The number of halogens is 2. The zero-order chi connectivity index (χ0) is 18.8. The summed E-state index contributed by atoms with van der Waals surface area (Å²) in [6, 6.07) is 16.8. The predicted molar refractivity (Wildman–Crippen MR) is 105 cm³/mol. The van der Waals surface area contributed by atoms with Crippen molar-refractivity contribution in [3.8, 4) is 0 Å². The quantitative estimate of drug-likeness (QED) is 0.497. The van der Waals surface area contributed by atoms with Crippen molar-refractivity contribution in [3.05, 3.63) is 88.2 Å². The fraction of sp³-hybridized carbons (Fsp3) is 0.0952. The van der Waals surface area contributed by atoms with Gasteiger partial charge in [-0.2, -0.15) is 0 Å². The molecule has 0 aliphatic carbocycles. The van der Waals surface area contributed by atoms with Crippen molar-refractivity contribution in [3.63, 3.8) is 0 Å². The molecule has 0 amide bonds. The van der Waals surface area contributed by atoms with Gasteiger partial charge in [-0.3, -0.25) is 4.79 Å². The van der Waals surface area contributed by atoms with Crippen LogP contribution < -0.4 is 10.6 Å². The maximum Gasteiger partial charge on any atom is 0.194 e. The van der Waals surface area contributed by atoms with Crippen LogP contribution in [0.25, 0.3) is 0 Å². The van der Waals surface area contributed by atoms with Gasteiger partial charge in [0.05, 0.1) is 16.4 Å². The number of nitrogens with two attached hydrogens (primary N) is 1. The molecule has 0 atom stereocenters. The van der Waals surface area contributed by atoms with Crippen LogP contribution in [0.5, 0.6) is 0 Å². The molecule has 0 radical (unpaired) electrons. The summed E-state index contributed by atoms with van der Waals surface area (Å²) in [5.74, 6) is -0.513. The number of aryl methyl sites for hydroxylation is 1. The molecule has 3 rings (SSSR count). The smallest absolute Gasteiger partial charge is 0.194 e. The zero-order valence-electron chi connectivity index (χ0n) is 14.5. The number of nitrogen functional groups attached to an aromatic ring is 1. The second kappa shape index (κ2) is 7.18. The Morgan fingerprint density at radius 3 is 2.42 bits per heavy atom. The highest BCUT2D eigenvalue weighted by atomic mass is 35.5. The van der Waals surface area contributed by atoms with Crippen LogP contribution in [-0.4, -0.2) is 12.8 Å². The van der Waals surface area contributed by atoms with Gasteiger partial charge in [-0.1, -0.05) is 35.9 Å². The molecule has 0 aliphatic rings. The third-order valence-corrected chi connectivity index (χ3v) is 4.64. The Morgan fingerprint density at radius 2 is 1.77 bits per heavy atom. The van der Waals surface area contributed by atoms with Crippen LogP contribution in [-0.2, 0) is 0 Å². The highest BCUT2D eigenvalue weighted by Crippen LogP contribution is 2.32. The van der Waals surface area contributed by atoms with Crippen molar-refractivity contribution in [2.45, 2.75) is 6.92 Å². The van der Waals surface area contributed by atoms with Gasteiger partial charge in [-0.25, -0.2) is 4.39 Å². The van der Waals surface area contributed by atoms with Gasteiger partial charge >= 0.3 is 0 Å². The fourth-order valence-electron chi connectivity index (χ4n) is 2.84. The summed E-state index contributed by atoms with van der Waals surface area (Å²) in [4.78, 5) is 14.6. The molecule has 132 valence electrons. The molecule has 3 aromatic carbocycles. The van der Waals surface area contributed by atoms with E-state index in [-0.39, 0.29) is 5.78 Å². The first-order valence-electron chi connectivity index (χ1n) is 8.07. The number of ketones is 1. The van der Waals surface area contributed by atoms with Crippen LogP contribution in [0, 0.1) is 12.7 Å². The summed E-state index contributed by atoms with van der Waals surface area (Å²) in [6.45, 7) is 1.89. The monoisotopic (exact) mass is 368 g/mol. The lowest BCUT2D eigenvalue weighted by atomic mass is 9.99. The van der Waals surface area contributed by atoms with Gasteiger partial charge in [0.15, 0.2) is 5.78 Å². The highest BCUT2D eigenvalue weighted by molar-refractivity contribution is 6.35. The Hall–Kier alpha value is -2.85. The Bertz CT molecular complexity index is 987. The summed E-state index contributed by atoms with van der Waals surface area (Å²) in [5.41, 5.74) is 9.58. The van der Waals surface area contributed by atoms with Crippen LogP contribution in [0.2, 0.25) is 5.02 Å². The van der Waals surface area contributed by atoms with Gasteiger partial charge in [0, 0.05) is 23.9 Å². The molecule has 0 heterocycles. The fourth-order valence-corrected chi connectivity index (χ4v) is 3.10. The Balaban J connectivity index is 1.95. The van der Waals surface area contributed by atoms with Gasteiger partial charge in [0.1, 0.15) is 5.82 Å². The zero-order valence-corrected chi connectivity index (χ0v) is 15.2. The molecule has 0 fully saturated rings. The van der Waals surface area contributed by atoms with E-state index < -0.39 is 5.82 Å². The molecular formula is C21H18ClFN2O. The summed E-state index contributed by atoms with van der Waals surface area (Å²) >= 11 is 6.38. The maximum atomic E-state index is 13.3. The van der Waals surface area contributed by atoms with Crippen LogP contribution in [0.15, 0.2) is 60.7 Å². The molecule has 0 spiro atoms. The van der Waals surface area contributed by atoms with Crippen molar-refractivity contribution < 1.29 is 9.18 Å². The van der Waals surface area contributed by atoms with E-state index in [9.17, 15) is 9.18 Å². The molecule has 0 saturated carbocycles. The average Bonchev–Trinajstić information content (AvgIpc) is 2.61. The first kappa shape index (κ1) is 18.0. The Labute approximate surface area is 156 Å². The van der Waals surface area contributed by atoms with Crippen molar-refractivity contribution in [1.82, 2.24) is 0 Å². The van der Waals surface area contributed by atoms with E-state index in [0.29, 0.717) is 27.5 Å². The molecule has 26 heavy (non-hydrogen) atoms. The number of carbonyl (C=O) groups excluding carboxylic acids is 1. The van der Waals surface area contributed by atoms with E-state index in [1.54, 1.807) is 42.3 Å². The van der Waals surface area contributed by atoms with E-state index in [0.717, 1.165) is 11.3 Å². The summed E-state index contributed by atoms with van der Waals surface area (Å²) in [7, 11) is 1.80. The summed E-state index contributed by atoms with van der Waals surface area (Å²) in [6.07, 6.45) is 0. The molecule has 0 bridgehead atoms. The number of rotatable bonds is 4. The maximum absolute atomic E-state index is 13.3. The number of anilines is 3. The van der Waals surface area contributed by atoms with E-state index in [1.165, 1.54) is 12.1 Å². The van der Waals surface area contributed by atoms with E-state index in [1.807, 2.05) is 25.1 Å². The molecule has 0 unspecified atom stereocenters. The first-order chi connectivity index (χ1) is 12.4. The van der Waals surface area contributed by atoms with Gasteiger partial charge < -0.3 is 10.6 Å². The van der Waals surface area contributed by atoms with E-state index in [4.69, 9.17) is 17.3 Å². The molecule has 3 aromatic rings. The Morgan fingerprint density at radius 1 is 1.04 bits per heavy atom. The summed E-state index contributed by atoms with van der Waals surface area (Å²) in [5, 5.41) is 0.350. The van der Waals surface area contributed by atoms with Crippen molar-refractivity contribution in [1.29, 1.82) is 0 Å². The highest BCUT2D eigenvalue weighted by Gasteiger charge is 2.17. The number of carbonyl (C=O) groups is 1. The van der Waals surface area contributed by atoms with Gasteiger partial charge in [-0.05, 0) is 48.9 Å². The normalized spacial score (nSPS) is 10.6. The second-order valence-electron chi connectivity index (χ2n) is 6.07. The lowest BCUT2D eigenvalue weighted by Gasteiger charge is -2.22. The first-order valence-corrected chi connectivity index (χ1v) is 8.45. The summed E-state index contributed by atoms with van der Waals surface area (Å²) < 4.78 is 13.3. The predicted octanol–water partition coefficient (Wildman–Crippen LogP) is 5.37. The third-order valence-electron chi connectivity index (χ3n) is 4.33. The number of nitrogens with zero attached hydrogens (tertiary/aromatic N) is 1. The van der Waals surface area contributed by atoms with Crippen LogP contribution >= 0.6 is 11.6 Å². The van der Waals surface area contributed by atoms with Crippen molar-refractivity contribution >= 4 is 34.4 Å². The molecule has 0 saturated heterocycles. The van der Waals surface area contributed by atoms with Crippen LogP contribution in [0.4, 0.5) is 21.5 Å². The second-order valence-corrected chi connectivity index (χ2v) is 6.48. The minimum absolute atomic E-state index is 0.122. The average molecular weight is 369 g/mol. The molecule has 0 aliphatic heterocycles. The largest absolute Gasteiger partial charge is 0.397 e. The van der Waals surface area contributed by atoms with Gasteiger partial charge in [0.25, 0.3) is 0 Å². The van der Waals surface area contributed by atoms with Gasteiger partial charge in [0.2, 0.25) is 0 Å². The van der Waals surface area contributed by atoms with E-state index >= 15 is 0 Å². The molecule has 5 heteroatoms. The minimum Gasteiger partial charge on any atom is -0.397 e. The third kappa shape index (κ3) is 3.41. The lowest BCUT2D eigenvalue weighted by Crippen LogP contribution is -2.12.